The quantitative estimate of drug-likeness (QED) is 0.680. The molecule has 1 aromatic heterocycles. The van der Waals surface area contributed by atoms with Crippen LogP contribution in [0, 0.1) is 0 Å². The lowest BCUT2D eigenvalue weighted by Crippen LogP contribution is -2.24. The molecule has 0 saturated heterocycles. The highest BCUT2D eigenvalue weighted by atomic mass is 16.5. The Hall–Kier alpha value is -1.88. The number of anilines is 1. The number of rotatable bonds is 8. The van der Waals surface area contributed by atoms with E-state index in [2.05, 4.69) is 23.1 Å². The van der Waals surface area contributed by atoms with Crippen LogP contribution in [0.3, 0.4) is 0 Å². The van der Waals surface area contributed by atoms with Crippen LogP contribution in [-0.4, -0.2) is 36.2 Å². The Morgan fingerprint density at radius 1 is 1.29 bits per heavy atom. The van der Waals surface area contributed by atoms with Crippen LogP contribution in [-0.2, 0) is 0 Å². The molecule has 0 radical (unpaired) electrons. The molecule has 0 atom stereocenters. The maximum atomic E-state index is 5.36. The van der Waals surface area contributed by atoms with E-state index < -0.39 is 0 Å². The molecule has 0 aromatic carbocycles. The molecule has 0 saturated carbocycles. The van der Waals surface area contributed by atoms with Gasteiger partial charge in [-0.05, 0) is 0 Å². The van der Waals surface area contributed by atoms with Crippen LogP contribution in [0.25, 0.3) is 0 Å². The van der Waals surface area contributed by atoms with Crippen molar-refractivity contribution in [2.45, 2.75) is 0 Å². The van der Waals surface area contributed by atoms with Gasteiger partial charge in [0.1, 0.15) is 18.8 Å². The van der Waals surface area contributed by atoms with Gasteiger partial charge in [-0.1, -0.05) is 12.2 Å². The largest absolute Gasteiger partial charge is 0.476 e. The summed E-state index contributed by atoms with van der Waals surface area (Å²) in [5.41, 5.74) is 5.36. The number of aromatic nitrogens is 2. The lowest BCUT2D eigenvalue weighted by atomic mass is 10.4. The SMILES string of the molecule is C=CCN(CC=C)c1cc(OCCN)ncn1. The summed E-state index contributed by atoms with van der Waals surface area (Å²) < 4.78 is 5.35. The van der Waals surface area contributed by atoms with Crippen LogP contribution >= 0.6 is 0 Å². The third-order valence-electron chi connectivity index (χ3n) is 2.02. The van der Waals surface area contributed by atoms with Gasteiger partial charge >= 0.3 is 0 Å². The molecule has 0 amide bonds. The summed E-state index contributed by atoms with van der Waals surface area (Å²) in [6, 6.07) is 1.78. The number of hydrogen-bond donors (Lipinski definition) is 1. The summed E-state index contributed by atoms with van der Waals surface area (Å²) in [4.78, 5) is 10.2. The van der Waals surface area contributed by atoms with Crippen molar-refractivity contribution >= 4 is 5.82 Å². The molecule has 2 N–H and O–H groups in total. The van der Waals surface area contributed by atoms with Crippen molar-refractivity contribution < 1.29 is 4.74 Å². The first-order valence-electron chi connectivity index (χ1n) is 5.43. The smallest absolute Gasteiger partial charge is 0.218 e. The summed E-state index contributed by atoms with van der Waals surface area (Å²) in [5, 5.41) is 0. The second-order valence-electron chi connectivity index (χ2n) is 3.33. The van der Waals surface area contributed by atoms with Crippen molar-refractivity contribution in [2.75, 3.05) is 31.1 Å². The molecule has 0 aliphatic rings. The zero-order chi connectivity index (χ0) is 12.5. The second kappa shape index (κ2) is 7.40. The molecule has 0 spiro atoms. The van der Waals surface area contributed by atoms with Gasteiger partial charge in [0.2, 0.25) is 5.88 Å². The molecule has 1 aromatic rings. The Morgan fingerprint density at radius 2 is 2.00 bits per heavy atom. The minimum atomic E-state index is 0.444. The first-order chi connectivity index (χ1) is 8.31. The molecule has 1 rings (SSSR count). The van der Waals surface area contributed by atoms with Gasteiger partial charge in [-0.25, -0.2) is 9.97 Å². The lowest BCUT2D eigenvalue weighted by molar-refractivity contribution is 0.315. The average Bonchev–Trinajstić information content (AvgIpc) is 2.36. The van der Waals surface area contributed by atoms with E-state index in [0.29, 0.717) is 32.1 Å². The number of nitrogens with zero attached hydrogens (tertiary/aromatic N) is 3. The van der Waals surface area contributed by atoms with Gasteiger partial charge in [0, 0.05) is 25.7 Å². The Morgan fingerprint density at radius 3 is 2.59 bits per heavy atom. The first kappa shape index (κ1) is 13.2. The summed E-state index contributed by atoms with van der Waals surface area (Å²) in [7, 11) is 0. The van der Waals surface area contributed by atoms with Gasteiger partial charge < -0.3 is 15.4 Å². The number of hydrogen-bond acceptors (Lipinski definition) is 5. The van der Waals surface area contributed by atoms with Gasteiger partial charge in [0.05, 0.1) is 0 Å². The van der Waals surface area contributed by atoms with Gasteiger partial charge in [0.25, 0.3) is 0 Å². The number of nitrogens with two attached hydrogens (primary N) is 1. The van der Waals surface area contributed by atoms with Crippen molar-refractivity contribution in [2.24, 2.45) is 5.73 Å². The molecule has 92 valence electrons. The van der Waals surface area contributed by atoms with Crippen molar-refractivity contribution in [3.8, 4) is 5.88 Å². The maximum Gasteiger partial charge on any atom is 0.218 e. The summed E-state index contributed by atoms with van der Waals surface area (Å²) >= 11 is 0. The Labute approximate surface area is 102 Å². The topological polar surface area (TPSA) is 64.3 Å². The Balaban J connectivity index is 2.79. The summed E-state index contributed by atoms with van der Waals surface area (Å²) in [6.07, 6.45) is 5.10. The highest BCUT2D eigenvalue weighted by molar-refractivity contribution is 5.42. The number of ether oxygens (including phenoxy) is 1. The molecular formula is C12H18N4O. The predicted octanol–water partition coefficient (Wildman–Crippen LogP) is 0.992. The molecule has 5 nitrogen and oxygen atoms in total. The molecule has 0 aliphatic heterocycles. The van der Waals surface area contributed by atoms with Gasteiger partial charge in [-0.2, -0.15) is 0 Å². The Bertz CT molecular complexity index is 357. The summed E-state index contributed by atoms with van der Waals surface area (Å²) in [5.74, 6) is 1.31. The third-order valence-corrected chi connectivity index (χ3v) is 2.02. The lowest BCUT2D eigenvalue weighted by Gasteiger charge is -2.20. The van der Waals surface area contributed by atoms with Crippen LogP contribution in [0.5, 0.6) is 5.88 Å². The Kier molecular flexibility index (Phi) is 5.74. The van der Waals surface area contributed by atoms with E-state index >= 15 is 0 Å². The zero-order valence-corrected chi connectivity index (χ0v) is 9.88. The predicted molar refractivity (Wildman–Crippen MR) is 69.2 cm³/mol. The molecule has 5 heteroatoms. The zero-order valence-electron chi connectivity index (χ0n) is 9.88. The summed E-state index contributed by atoms with van der Waals surface area (Å²) in [6.45, 7) is 9.72. The fourth-order valence-corrected chi connectivity index (χ4v) is 1.32. The fourth-order valence-electron chi connectivity index (χ4n) is 1.32. The molecule has 1 heterocycles. The molecule has 17 heavy (non-hydrogen) atoms. The van der Waals surface area contributed by atoms with Crippen LogP contribution in [0.4, 0.5) is 5.82 Å². The van der Waals surface area contributed by atoms with Crippen LogP contribution in [0.15, 0.2) is 37.7 Å². The van der Waals surface area contributed by atoms with Gasteiger partial charge in [0.15, 0.2) is 0 Å². The van der Waals surface area contributed by atoms with E-state index in [9.17, 15) is 0 Å². The monoisotopic (exact) mass is 234 g/mol. The van der Waals surface area contributed by atoms with E-state index in [0.717, 1.165) is 5.82 Å². The van der Waals surface area contributed by atoms with Gasteiger partial charge in [-0.15, -0.1) is 13.2 Å². The van der Waals surface area contributed by atoms with Gasteiger partial charge in [-0.3, -0.25) is 0 Å². The third kappa shape index (κ3) is 4.24. The van der Waals surface area contributed by atoms with Crippen molar-refractivity contribution in [3.05, 3.63) is 37.7 Å². The first-order valence-corrected chi connectivity index (χ1v) is 5.43. The minimum Gasteiger partial charge on any atom is -0.476 e. The molecule has 0 aliphatic carbocycles. The van der Waals surface area contributed by atoms with E-state index in [1.807, 2.05) is 17.1 Å². The van der Waals surface area contributed by atoms with E-state index in [-0.39, 0.29) is 0 Å². The van der Waals surface area contributed by atoms with Crippen molar-refractivity contribution in [3.63, 3.8) is 0 Å². The maximum absolute atomic E-state index is 5.36. The van der Waals surface area contributed by atoms with Crippen LogP contribution < -0.4 is 15.4 Å². The van der Waals surface area contributed by atoms with Crippen LogP contribution in [0.2, 0.25) is 0 Å². The van der Waals surface area contributed by atoms with Crippen molar-refractivity contribution in [1.82, 2.24) is 9.97 Å². The second-order valence-corrected chi connectivity index (χ2v) is 3.33. The van der Waals surface area contributed by atoms with E-state index in [1.165, 1.54) is 6.33 Å². The molecule has 0 unspecified atom stereocenters. The normalized spacial score (nSPS) is 9.71. The highest BCUT2D eigenvalue weighted by Gasteiger charge is 2.06. The van der Waals surface area contributed by atoms with Crippen LogP contribution in [0.1, 0.15) is 0 Å². The highest BCUT2D eigenvalue weighted by Crippen LogP contribution is 2.15. The standard InChI is InChI=1S/C12H18N4O/c1-3-6-16(7-4-2)11-9-12(15-10-14-11)17-8-5-13/h3-4,9-10H,1-2,5-8,13H2. The molecule has 0 fully saturated rings. The van der Waals surface area contributed by atoms with E-state index in [4.69, 9.17) is 10.5 Å². The van der Waals surface area contributed by atoms with Crippen molar-refractivity contribution in [1.29, 1.82) is 0 Å². The molecule has 0 bridgehead atoms. The minimum absolute atomic E-state index is 0.444. The molecular weight excluding hydrogens is 216 g/mol. The average molecular weight is 234 g/mol. The van der Waals surface area contributed by atoms with E-state index in [1.54, 1.807) is 6.07 Å². The fraction of sp³-hybridized carbons (Fsp3) is 0.333.